The minimum Gasteiger partial charge on any atom is -0.497 e. The molecule has 1 aliphatic rings. The molecule has 6 rings (SSSR count). The average molecular weight is 496 g/mol. The minimum absolute atomic E-state index is 0.199. The number of anilines is 1. The third-order valence-electron chi connectivity index (χ3n) is 6.49. The van der Waals surface area contributed by atoms with Gasteiger partial charge in [-0.2, -0.15) is 0 Å². The van der Waals surface area contributed by atoms with E-state index in [0.717, 1.165) is 22.4 Å². The van der Waals surface area contributed by atoms with Crippen LogP contribution >= 0.6 is 0 Å². The number of nitrogen functional groups attached to an aromatic ring is 1. The molecule has 9 nitrogen and oxygen atoms in total. The van der Waals surface area contributed by atoms with Gasteiger partial charge in [0, 0.05) is 13.1 Å². The first-order chi connectivity index (χ1) is 18.1. The van der Waals surface area contributed by atoms with E-state index in [1.165, 1.54) is 0 Å². The molecule has 1 amide bonds. The number of benzene rings is 3. The molecular weight excluding hydrogens is 470 g/mol. The maximum Gasteiger partial charge on any atom is 0.257 e. The normalized spacial score (nSPS) is 12.2. The zero-order valence-electron chi connectivity index (χ0n) is 20.2. The van der Waals surface area contributed by atoms with Crippen molar-refractivity contribution < 1.29 is 19.0 Å². The van der Waals surface area contributed by atoms with E-state index in [4.69, 9.17) is 29.9 Å². The van der Waals surface area contributed by atoms with Crippen LogP contribution in [0.4, 0.5) is 5.82 Å². The van der Waals surface area contributed by atoms with Crippen LogP contribution in [0.5, 0.6) is 17.2 Å². The van der Waals surface area contributed by atoms with Crippen LogP contribution in [0.1, 0.15) is 21.5 Å². The van der Waals surface area contributed by atoms with E-state index in [9.17, 15) is 4.79 Å². The van der Waals surface area contributed by atoms with Gasteiger partial charge in [-0.15, -0.1) is 0 Å². The Bertz CT molecular complexity index is 1630. The standard InChI is InChI=1S/C28H25N5O4/c1-35-19-9-6-17(7-10-19)12-13-33-26(29)24(25-27(33)32-21-5-3-2-4-20(21)31-25)28(34)30-15-18-8-11-22-23(14-18)37-16-36-22/h2-11,14H,12-13,15-16,29H2,1H3,(H,30,34). The van der Waals surface area contributed by atoms with Crippen molar-refractivity contribution in [2.75, 3.05) is 19.6 Å². The topological polar surface area (TPSA) is 114 Å². The smallest absolute Gasteiger partial charge is 0.257 e. The molecule has 186 valence electrons. The van der Waals surface area contributed by atoms with Crippen molar-refractivity contribution in [3.63, 3.8) is 0 Å². The summed E-state index contributed by atoms with van der Waals surface area (Å²) in [6, 6.07) is 21.0. The summed E-state index contributed by atoms with van der Waals surface area (Å²) >= 11 is 0. The molecule has 3 heterocycles. The Morgan fingerprint density at radius 3 is 2.51 bits per heavy atom. The number of hydrogen-bond acceptors (Lipinski definition) is 7. The molecule has 3 N–H and O–H groups in total. The van der Waals surface area contributed by atoms with Crippen LogP contribution in [0.2, 0.25) is 0 Å². The van der Waals surface area contributed by atoms with Gasteiger partial charge >= 0.3 is 0 Å². The highest BCUT2D eigenvalue weighted by Crippen LogP contribution is 2.33. The fraction of sp³-hybridized carbons (Fsp3) is 0.179. The lowest BCUT2D eigenvalue weighted by Gasteiger charge is -2.09. The Morgan fingerprint density at radius 1 is 1.00 bits per heavy atom. The monoisotopic (exact) mass is 495 g/mol. The van der Waals surface area contributed by atoms with E-state index < -0.39 is 0 Å². The molecule has 0 unspecified atom stereocenters. The molecule has 3 aromatic carbocycles. The van der Waals surface area contributed by atoms with Gasteiger partial charge in [0.05, 0.1) is 18.1 Å². The van der Waals surface area contributed by atoms with Crippen molar-refractivity contribution in [3.8, 4) is 17.2 Å². The van der Waals surface area contributed by atoms with Crippen LogP contribution in [-0.2, 0) is 19.5 Å². The molecule has 0 bridgehead atoms. The maximum absolute atomic E-state index is 13.4. The fourth-order valence-corrected chi connectivity index (χ4v) is 4.52. The number of hydrogen-bond donors (Lipinski definition) is 2. The number of para-hydroxylation sites is 2. The van der Waals surface area contributed by atoms with Crippen LogP contribution in [0.15, 0.2) is 66.7 Å². The number of aryl methyl sites for hydroxylation is 2. The van der Waals surface area contributed by atoms with E-state index in [2.05, 4.69) is 5.32 Å². The Hall–Kier alpha value is -4.79. The maximum atomic E-state index is 13.4. The number of carbonyl (C=O) groups is 1. The average Bonchev–Trinajstić information content (AvgIpc) is 3.50. The molecule has 0 saturated carbocycles. The van der Waals surface area contributed by atoms with Gasteiger partial charge in [0.25, 0.3) is 5.91 Å². The van der Waals surface area contributed by atoms with E-state index in [1.54, 1.807) is 7.11 Å². The number of nitrogens with zero attached hydrogens (tertiary/aromatic N) is 3. The number of nitrogens with two attached hydrogens (primary N) is 1. The van der Waals surface area contributed by atoms with Gasteiger partial charge < -0.3 is 29.8 Å². The molecule has 0 saturated heterocycles. The predicted molar refractivity (Wildman–Crippen MR) is 140 cm³/mol. The van der Waals surface area contributed by atoms with Crippen molar-refractivity contribution in [2.24, 2.45) is 0 Å². The second-order valence-corrected chi connectivity index (χ2v) is 8.76. The second kappa shape index (κ2) is 9.34. The highest BCUT2D eigenvalue weighted by atomic mass is 16.7. The molecule has 1 aliphatic heterocycles. The van der Waals surface area contributed by atoms with Crippen LogP contribution in [0, 0.1) is 0 Å². The van der Waals surface area contributed by atoms with E-state index >= 15 is 0 Å². The Kier molecular flexibility index (Phi) is 5.72. The molecule has 0 fully saturated rings. The van der Waals surface area contributed by atoms with Crippen molar-refractivity contribution in [3.05, 3.63) is 83.4 Å². The number of nitrogens with one attached hydrogen (secondary N) is 1. The largest absolute Gasteiger partial charge is 0.497 e. The molecule has 0 spiro atoms. The molecule has 0 radical (unpaired) electrons. The highest BCUT2D eigenvalue weighted by Gasteiger charge is 2.24. The fourth-order valence-electron chi connectivity index (χ4n) is 4.52. The summed E-state index contributed by atoms with van der Waals surface area (Å²) in [5.41, 5.74) is 11.4. The van der Waals surface area contributed by atoms with Crippen molar-refractivity contribution in [1.29, 1.82) is 0 Å². The Labute approximate surface area is 212 Å². The van der Waals surface area contributed by atoms with Crippen molar-refractivity contribution in [2.45, 2.75) is 19.5 Å². The molecular formula is C28H25N5O4. The van der Waals surface area contributed by atoms with Crippen LogP contribution in [-0.4, -0.2) is 34.3 Å². The van der Waals surface area contributed by atoms with Crippen LogP contribution in [0.25, 0.3) is 22.2 Å². The van der Waals surface area contributed by atoms with Crippen molar-refractivity contribution in [1.82, 2.24) is 19.9 Å². The number of fused-ring (bicyclic) bond motifs is 3. The number of carbonyl (C=O) groups excluding carboxylic acids is 1. The summed E-state index contributed by atoms with van der Waals surface area (Å²) < 4.78 is 17.9. The van der Waals surface area contributed by atoms with E-state index in [1.807, 2.05) is 71.3 Å². The van der Waals surface area contributed by atoms with Gasteiger partial charge in [-0.3, -0.25) is 4.79 Å². The number of ether oxygens (including phenoxy) is 3. The Balaban J connectivity index is 1.33. The molecule has 5 aromatic rings. The minimum atomic E-state index is -0.312. The lowest BCUT2D eigenvalue weighted by molar-refractivity contribution is 0.0953. The summed E-state index contributed by atoms with van der Waals surface area (Å²) in [5.74, 6) is 2.18. The molecule has 37 heavy (non-hydrogen) atoms. The number of aromatic nitrogens is 3. The quantitative estimate of drug-likeness (QED) is 0.350. The molecule has 9 heteroatoms. The SMILES string of the molecule is COc1ccc(CCn2c(N)c(C(=O)NCc3ccc4c(c3)OCO4)c3nc4ccccc4nc32)cc1. The summed E-state index contributed by atoms with van der Waals surface area (Å²) in [7, 11) is 1.64. The van der Waals surface area contributed by atoms with E-state index in [0.29, 0.717) is 59.1 Å². The zero-order valence-corrected chi connectivity index (χ0v) is 20.2. The number of methoxy groups -OCH3 is 1. The predicted octanol–water partition coefficient (Wildman–Crippen LogP) is 4.08. The van der Waals surface area contributed by atoms with Gasteiger partial charge in [-0.05, 0) is 53.9 Å². The van der Waals surface area contributed by atoms with Gasteiger partial charge in [0.2, 0.25) is 6.79 Å². The lowest BCUT2D eigenvalue weighted by atomic mass is 10.1. The van der Waals surface area contributed by atoms with Gasteiger partial charge in [-0.25, -0.2) is 9.97 Å². The summed E-state index contributed by atoms with van der Waals surface area (Å²) in [6.07, 6.45) is 0.699. The number of rotatable bonds is 7. The van der Waals surface area contributed by atoms with Gasteiger partial charge in [0.15, 0.2) is 17.1 Å². The van der Waals surface area contributed by atoms with E-state index in [-0.39, 0.29) is 12.7 Å². The van der Waals surface area contributed by atoms with Gasteiger partial charge in [-0.1, -0.05) is 30.3 Å². The first kappa shape index (κ1) is 22.7. The molecule has 0 aliphatic carbocycles. The third-order valence-corrected chi connectivity index (χ3v) is 6.49. The highest BCUT2D eigenvalue weighted by molar-refractivity contribution is 6.10. The number of amides is 1. The van der Waals surface area contributed by atoms with Gasteiger partial charge in [0.1, 0.15) is 22.6 Å². The van der Waals surface area contributed by atoms with Crippen LogP contribution < -0.4 is 25.3 Å². The molecule has 0 atom stereocenters. The second-order valence-electron chi connectivity index (χ2n) is 8.76. The van der Waals surface area contributed by atoms with Crippen LogP contribution in [0.3, 0.4) is 0 Å². The summed E-state index contributed by atoms with van der Waals surface area (Å²) in [5, 5.41) is 2.98. The molecule has 2 aromatic heterocycles. The summed E-state index contributed by atoms with van der Waals surface area (Å²) in [6.45, 7) is 1.04. The Morgan fingerprint density at radius 2 is 1.73 bits per heavy atom. The van der Waals surface area contributed by atoms with Crippen molar-refractivity contribution >= 4 is 33.9 Å². The lowest BCUT2D eigenvalue weighted by Crippen LogP contribution is -2.24. The first-order valence-electron chi connectivity index (χ1n) is 11.9. The third kappa shape index (κ3) is 4.24. The summed E-state index contributed by atoms with van der Waals surface area (Å²) in [4.78, 5) is 23.1. The first-order valence-corrected chi connectivity index (χ1v) is 11.9. The zero-order chi connectivity index (χ0) is 25.4.